The van der Waals surface area contributed by atoms with Crippen LogP contribution in [0.1, 0.15) is 36.8 Å². The zero-order chi connectivity index (χ0) is 21.0. The van der Waals surface area contributed by atoms with Gasteiger partial charge in [-0.3, -0.25) is 0 Å². The molecular weight excluding hydrogens is 392 g/mol. The first kappa shape index (κ1) is 20.7. The maximum Gasteiger partial charge on any atom is 0.0732 e. The van der Waals surface area contributed by atoms with Gasteiger partial charge in [-0.1, -0.05) is 92.4 Å². The Kier molecular flexibility index (Phi) is 5.17. The minimum atomic E-state index is -1.61. The Bertz CT molecular complexity index is 954. The van der Waals surface area contributed by atoms with Gasteiger partial charge in [-0.05, 0) is 58.6 Å². The fourth-order valence-corrected chi connectivity index (χ4v) is 7.89. The Balaban J connectivity index is 1.88. The molecular formula is C26H31ClOSi. The molecule has 0 saturated heterocycles. The summed E-state index contributed by atoms with van der Waals surface area (Å²) in [6.45, 7) is 14.3. The zero-order valence-corrected chi connectivity index (χ0v) is 19.6. The van der Waals surface area contributed by atoms with E-state index >= 15 is 0 Å². The second kappa shape index (κ2) is 7.26. The van der Waals surface area contributed by atoms with Crippen molar-refractivity contribution in [1.29, 1.82) is 0 Å². The number of halogens is 1. The molecule has 0 bridgehead atoms. The molecule has 2 aromatic carbocycles. The van der Waals surface area contributed by atoms with Crippen LogP contribution in [0.25, 0.3) is 5.57 Å². The summed E-state index contributed by atoms with van der Waals surface area (Å²) >= 11 is 6.17. The highest BCUT2D eigenvalue weighted by Gasteiger charge is 2.56. The number of allylic oxidation sites excluding steroid dienone is 3. The first-order valence-electron chi connectivity index (χ1n) is 10.5. The largest absolute Gasteiger partial charge is 0.392 e. The normalized spacial score (nSPS) is 29.9. The van der Waals surface area contributed by atoms with Gasteiger partial charge in [0.1, 0.15) is 0 Å². The van der Waals surface area contributed by atoms with Crippen LogP contribution in [0.4, 0.5) is 0 Å². The molecule has 1 saturated carbocycles. The van der Waals surface area contributed by atoms with Crippen molar-refractivity contribution < 1.29 is 5.11 Å². The molecule has 1 fully saturated rings. The summed E-state index contributed by atoms with van der Waals surface area (Å²) < 4.78 is 0. The summed E-state index contributed by atoms with van der Waals surface area (Å²) in [7, 11) is -1.61. The molecule has 29 heavy (non-hydrogen) atoms. The van der Waals surface area contributed by atoms with Crippen LogP contribution in [0, 0.1) is 11.3 Å². The van der Waals surface area contributed by atoms with Crippen molar-refractivity contribution in [1.82, 2.24) is 0 Å². The number of rotatable bonds is 3. The van der Waals surface area contributed by atoms with E-state index in [1.54, 1.807) is 5.20 Å². The molecule has 2 aliphatic rings. The van der Waals surface area contributed by atoms with E-state index in [-0.39, 0.29) is 23.4 Å². The van der Waals surface area contributed by atoms with E-state index in [1.165, 1.54) is 22.3 Å². The quantitative estimate of drug-likeness (QED) is 0.523. The number of hydrogen-bond donors (Lipinski definition) is 1. The summed E-state index contributed by atoms with van der Waals surface area (Å²) in [6, 6.07) is 18.8. The van der Waals surface area contributed by atoms with Crippen molar-refractivity contribution in [3.8, 4) is 0 Å². The molecule has 2 aliphatic carbocycles. The minimum Gasteiger partial charge on any atom is -0.392 e. The molecule has 4 rings (SSSR count). The number of aliphatic hydroxyl groups is 1. The third-order valence-electron chi connectivity index (χ3n) is 7.17. The second-order valence-corrected chi connectivity index (χ2v) is 15.6. The molecule has 152 valence electrons. The Labute approximate surface area is 181 Å². The maximum absolute atomic E-state index is 11.2. The zero-order valence-electron chi connectivity index (χ0n) is 17.9. The smallest absolute Gasteiger partial charge is 0.0732 e. The van der Waals surface area contributed by atoms with E-state index in [9.17, 15) is 5.11 Å². The van der Waals surface area contributed by atoms with Gasteiger partial charge in [0.25, 0.3) is 0 Å². The fraction of sp³-hybridized carbons (Fsp3) is 0.385. The van der Waals surface area contributed by atoms with Crippen LogP contribution in [-0.4, -0.2) is 19.3 Å². The SMILES string of the molecule is C=C1C(c2ccc(Cl)cc2)=C([Si](C)(C)C)C[C@@]2(C)C1C[C@@H](O)C2c1ccccc1. The van der Waals surface area contributed by atoms with Gasteiger partial charge in [-0.15, -0.1) is 0 Å². The molecule has 0 aliphatic heterocycles. The predicted octanol–water partition coefficient (Wildman–Crippen LogP) is 7.10. The van der Waals surface area contributed by atoms with E-state index in [1.807, 2.05) is 12.1 Å². The fourth-order valence-electron chi connectivity index (χ4n) is 5.79. The predicted molar refractivity (Wildman–Crippen MR) is 127 cm³/mol. The van der Waals surface area contributed by atoms with E-state index < -0.39 is 8.07 Å². The van der Waals surface area contributed by atoms with Crippen LogP contribution in [0.5, 0.6) is 0 Å². The number of fused-ring (bicyclic) bond motifs is 1. The van der Waals surface area contributed by atoms with Gasteiger partial charge >= 0.3 is 0 Å². The Morgan fingerprint density at radius 2 is 1.66 bits per heavy atom. The highest BCUT2D eigenvalue weighted by molar-refractivity contribution is 6.84. The van der Waals surface area contributed by atoms with Crippen molar-refractivity contribution in [3.63, 3.8) is 0 Å². The van der Waals surface area contributed by atoms with Gasteiger partial charge in [0.2, 0.25) is 0 Å². The highest BCUT2D eigenvalue weighted by atomic mass is 35.5. The summed E-state index contributed by atoms with van der Waals surface area (Å²) in [6.07, 6.45) is 1.47. The lowest BCUT2D eigenvalue weighted by Crippen LogP contribution is -2.40. The monoisotopic (exact) mass is 422 g/mol. The van der Waals surface area contributed by atoms with E-state index in [4.69, 9.17) is 11.6 Å². The molecule has 4 atom stereocenters. The molecule has 0 aromatic heterocycles. The van der Waals surface area contributed by atoms with E-state index in [0.29, 0.717) is 0 Å². The molecule has 1 nitrogen and oxygen atoms in total. The van der Waals surface area contributed by atoms with Crippen molar-refractivity contribution in [2.24, 2.45) is 11.3 Å². The van der Waals surface area contributed by atoms with Crippen molar-refractivity contribution in [2.45, 2.75) is 51.4 Å². The van der Waals surface area contributed by atoms with Crippen LogP contribution in [0.15, 0.2) is 71.9 Å². The standard InChI is InChI=1S/C26H31ClOSi/c1-17-21-15-22(28)25(19-9-7-6-8-10-19)26(21,2)16-23(29(3,4)5)24(17)18-11-13-20(27)14-12-18/h6-14,21-22,25,28H,1,15-16H2,2-5H3/t21?,22-,25?,26+/m1/s1. The van der Waals surface area contributed by atoms with Gasteiger partial charge in [-0.2, -0.15) is 0 Å². The average molecular weight is 423 g/mol. The molecule has 2 aromatic rings. The summed E-state index contributed by atoms with van der Waals surface area (Å²) in [5.74, 6) is 0.428. The number of aliphatic hydroxyl groups excluding tert-OH is 1. The second-order valence-electron chi connectivity index (χ2n) is 10.1. The molecule has 0 radical (unpaired) electrons. The van der Waals surface area contributed by atoms with Crippen LogP contribution >= 0.6 is 11.6 Å². The third kappa shape index (κ3) is 3.46. The van der Waals surface area contributed by atoms with Gasteiger partial charge in [-0.25, -0.2) is 0 Å². The summed E-state index contributed by atoms with van der Waals surface area (Å²) in [5.41, 5.74) is 5.00. The van der Waals surface area contributed by atoms with Gasteiger partial charge in [0, 0.05) is 10.9 Å². The maximum atomic E-state index is 11.2. The lowest BCUT2D eigenvalue weighted by atomic mass is 9.62. The molecule has 2 unspecified atom stereocenters. The van der Waals surface area contributed by atoms with Gasteiger partial charge < -0.3 is 5.11 Å². The van der Waals surface area contributed by atoms with E-state index in [0.717, 1.165) is 17.9 Å². The summed E-state index contributed by atoms with van der Waals surface area (Å²) in [5, 5.41) is 13.5. The molecule has 0 spiro atoms. The lowest BCUT2D eigenvalue weighted by molar-refractivity contribution is 0.131. The first-order valence-corrected chi connectivity index (χ1v) is 14.4. The molecule has 3 heteroatoms. The van der Waals surface area contributed by atoms with Gasteiger partial charge in [0.05, 0.1) is 14.2 Å². The van der Waals surface area contributed by atoms with Crippen LogP contribution < -0.4 is 0 Å². The van der Waals surface area contributed by atoms with Crippen molar-refractivity contribution in [3.05, 3.63) is 88.1 Å². The molecule has 1 N–H and O–H groups in total. The minimum absolute atomic E-state index is 0.0105. The Hall–Kier alpha value is -1.61. The van der Waals surface area contributed by atoms with E-state index in [2.05, 4.69) is 75.6 Å². The lowest BCUT2D eigenvalue weighted by Gasteiger charge is -2.47. The Morgan fingerprint density at radius 1 is 1.03 bits per heavy atom. The number of benzene rings is 2. The Morgan fingerprint density at radius 3 is 2.24 bits per heavy atom. The van der Waals surface area contributed by atoms with Gasteiger partial charge in [0.15, 0.2) is 0 Å². The third-order valence-corrected chi connectivity index (χ3v) is 9.66. The van der Waals surface area contributed by atoms with Crippen molar-refractivity contribution in [2.75, 3.05) is 0 Å². The summed E-state index contributed by atoms with van der Waals surface area (Å²) in [4.78, 5) is 0. The van der Waals surface area contributed by atoms with Crippen molar-refractivity contribution >= 4 is 25.2 Å². The molecule has 0 amide bonds. The van der Waals surface area contributed by atoms with Crippen LogP contribution in [0.2, 0.25) is 24.7 Å². The topological polar surface area (TPSA) is 20.2 Å². The molecule has 0 heterocycles. The van der Waals surface area contributed by atoms with Crippen LogP contribution in [-0.2, 0) is 0 Å². The van der Waals surface area contributed by atoms with Crippen LogP contribution in [0.3, 0.4) is 0 Å². The highest BCUT2D eigenvalue weighted by Crippen LogP contribution is 2.63. The average Bonchev–Trinajstić information content (AvgIpc) is 2.93. The number of hydrogen-bond acceptors (Lipinski definition) is 1. The first-order chi connectivity index (χ1) is 13.6.